The number of aromatic nitrogens is 1. The number of halogens is 1. The van der Waals surface area contributed by atoms with Crippen molar-refractivity contribution in [3.8, 4) is 5.75 Å². The maximum absolute atomic E-state index is 12.3. The average molecular weight is 382 g/mol. The maximum atomic E-state index is 12.3. The summed E-state index contributed by atoms with van der Waals surface area (Å²) in [5.41, 5.74) is 3.08. The van der Waals surface area contributed by atoms with Crippen molar-refractivity contribution in [2.75, 3.05) is 19.0 Å². The van der Waals surface area contributed by atoms with Gasteiger partial charge in [0.15, 0.2) is 0 Å². The molecular weight excluding hydrogens is 362 g/mol. The predicted octanol–water partition coefficient (Wildman–Crippen LogP) is 4.46. The van der Waals surface area contributed by atoms with E-state index in [1.54, 1.807) is 37.6 Å². The molecule has 0 fully saturated rings. The molecule has 1 amide bonds. The van der Waals surface area contributed by atoms with Gasteiger partial charge in [0.1, 0.15) is 11.4 Å². The molecule has 2 aromatic carbocycles. The number of pyridine rings is 1. The third kappa shape index (κ3) is 5.21. The molecule has 0 atom stereocenters. The number of carbonyl (C=O) groups is 1. The lowest BCUT2D eigenvalue weighted by molar-refractivity contribution is 0.0949. The van der Waals surface area contributed by atoms with Crippen molar-refractivity contribution in [1.82, 2.24) is 10.3 Å². The molecule has 6 heteroatoms. The second kappa shape index (κ2) is 9.05. The molecule has 138 valence electrons. The molecule has 1 heterocycles. The number of hydrogen-bond acceptors (Lipinski definition) is 4. The van der Waals surface area contributed by atoms with Crippen LogP contribution in [0.3, 0.4) is 0 Å². The average Bonchev–Trinajstić information content (AvgIpc) is 2.69. The normalized spacial score (nSPS) is 10.3. The number of nitrogens with one attached hydrogen (secondary N) is 2. The van der Waals surface area contributed by atoms with Crippen molar-refractivity contribution in [3.63, 3.8) is 0 Å². The Morgan fingerprint density at radius 2 is 1.85 bits per heavy atom. The first-order valence-corrected chi connectivity index (χ1v) is 8.92. The number of anilines is 2. The molecule has 0 radical (unpaired) electrons. The van der Waals surface area contributed by atoms with Crippen LogP contribution < -0.4 is 15.4 Å². The Labute approximate surface area is 163 Å². The second-order valence-electron chi connectivity index (χ2n) is 5.90. The summed E-state index contributed by atoms with van der Waals surface area (Å²) in [5.74, 6) is 0.401. The third-order valence-corrected chi connectivity index (χ3v) is 4.27. The van der Waals surface area contributed by atoms with E-state index in [0.29, 0.717) is 23.0 Å². The Kier molecular flexibility index (Phi) is 6.28. The van der Waals surface area contributed by atoms with Crippen LogP contribution in [0, 0.1) is 0 Å². The highest BCUT2D eigenvalue weighted by Crippen LogP contribution is 2.28. The fourth-order valence-electron chi connectivity index (χ4n) is 2.60. The molecule has 0 saturated carbocycles. The zero-order chi connectivity index (χ0) is 19.1. The first-order valence-electron chi connectivity index (χ1n) is 8.54. The van der Waals surface area contributed by atoms with E-state index in [1.807, 2.05) is 36.4 Å². The van der Waals surface area contributed by atoms with Crippen LogP contribution in [-0.4, -0.2) is 24.5 Å². The van der Waals surface area contributed by atoms with E-state index < -0.39 is 0 Å². The van der Waals surface area contributed by atoms with Crippen molar-refractivity contribution >= 4 is 28.9 Å². The fourth-order valence-corrected chi connectivity index (χ4v) is 2.86. The molecule has 0 aliphatic rings. The largest absolute Gasteiger partial charge is 0.495 e. The molecule has 27 heavy (non-hydrogen) atoms. The summed E-state index contributed by atoms with van der Waals surface area (Å²) in [4.78, 5) is 16.5. The Bertz CT molecular complexity index is 916. The van der Waals surface area contributed by atoms with Gasteiger partial charge >= 0.3 is 0 Å². The van der Waals surface area contributed by atoms with Gasteiger partial charge in [-0.05, 0) is 42.3 Å². The lowest BCUT2D eigenvalue weighted by Gasteiger charge is -2.10. The number of carbonyl (C=O) groups excluding carboxylic acids is 1. The summed E-state index contributed by atoms with van der Waals surface area (Å²) >= 11 is 6.14. The van der Waals surface area contributed by atoms with Gasteiger partial charge in [0, 0.05) is 24.1 Å². The Hall–Kier alpha value is -3.05. The van der Waals surface area contributed by atoms with Gasteiger partial charge in [-0.3, -0.25) is 9.78 Å². The Morgan fingerprint density at radius 3 is 2.59 bits per heavy atom. The molecule has 0 spiro atoms. The Morgan fingerprint density at radius 1 is 1.07 bits per heavy atom. The number of benzene rings is 2. The van der Waals surface area contributed by atoms with E-state index in [9.17, 15) is 4.79 Å². The molecule has 0 unspecified atom stereocenters. The van der Waals surface area contributed by atoms with Crippen LogP contribution in [0.15, 0.2) is 66.9 Å². The van der Waals surface area contributed by atoms with Gasteiger partial charge in [0.05, 0.1) is 12.1 Å². The van der Waals surface area contributed by atoms with E-state index in [-0.39, 0.29) is 5.91 Å². The van der Waals surface area contributed by atoms with Crippen LogP contribution in [0.2, 0.25) is 5.02 Å². The van der Waals surface area contributed by atoms with Crippen molar-refractivity contribution < 1.29 is 9.53 Å². The van der Waals surface area contributed by atoms with Gasteiger partial charge in [-0.1, -0.05) is 41.9 Å². The highest BCUT2D eigenvalue weighted by atomic mass is 35.5. The van der Waals surface area contributed by atoms with Gasteiger partial charge < -0.3 is 15.4 Å². The van der Waals surface area contributed by atoms with Crippen LogP contribution in [0.5, 0.6) is 5.75 Å². The van der Waals surface area contributed by atoms with Gasteiger partial charge in [-0.15, -0.1) is 0 Å². The molecule has 5 nitrogen and oxygen atoms in total. The number of hydrogen-bond donors (Lipinski definition) is 2. The van der Waals surface area contributed by atoms with E-state index in [2.05, 4.69) is 15.6 Å². The predicted molar refractivity (Wildman–Crippen MR) is 108 cm³/mol. The zero-order valence-electron chi connectivity index (χ0n) is 14.9. The summed E-state index contributed by atoms with van der Waals surface area (Å²) in [6, 6.07) is 18.9. The molecule has 1 aromatic heterocycles. The third-order valence-electron chi connectivity index (χ3n) is 3.98. The number of rotatable bonds is 7. The molecule has 0 aliphatic carbocycles. The van der Waals surface area contributed by atoms with Crippen LogP contribution in [0.25, 0.3) is 0 Å². The summed E-state index contributed by atoms with van der Waals surface area (Å²) in [6.07, 6.45) is 2.37. The fraction of sp³-hybridized carbons (Fsp3) is 0.143. The topological polar surface area (TPSA) is 63.2 Å². The quantitative estimate of drug-likeness (QED) is 0.634. The highest BCUT2D eigenvalue weighted by Gasteiger charge is 2.08. The molecule has 3 rings (SSSR count). The van der Waals surface area contributed by atoms with Crippen molar-refractivity contribution in [3.05, 3.63) is 83.1 Å². The van der Waals surface area contributed by atoms with Crippen LogP contribution in [-0.2, 0) is 6.42 Å². The standard InChI is InChI=1S/C21H20ClN3O2/c1-27-20-8-7-16(13-18(20)22)25-17-10-12-23-19(14-17)21(26)24-11-9-15-5-3-2-4-6-15/h2-8,10,12-14H,9,11H2,1H3,(H,23,25)(H,24,26). The second-order valence-corrected chi connectivity index (χ2v) is 6.30. The minimum atomic E-state index is -0.206. The smallest absolute Gasteiger partial charge is 0.269 e. The molecule has 0 saturated heterocycles. The Balaban J connectivity index is 1.61. The van der Waals surface area contributed by atoms with Crippen LogP contribution in [0.1, 0.15) is 16.1 Å². The number of methoxy groups -OCH3 is 1. The lowest BCUT2D eigenvalue weighted by Crippen LogP contribution is -2.26. The van der Waals surface area contributed by atoms with Crippen LogP contribution in [0.4, 0.5) is 11.4 Å². The number of nitrogens with zero attached hydrogens (tertiary/aromatic N) is 1. The molecule has 0 bridgehead atoms. The van der Waals surface area contributed by atoms with Gasteiger partial charge in [-0.2, -0.15) is 0 Å². The summed E-state index contributed by atoms with van der Waals surface area (Å²) in [7, 11) is 1.57. The zero-order valence-corrected chi connectivity index (χ0v) is 15.7. The van der Waals surface area contributed by atoms with Gasteiger partial charge in [0.25, 0.3) is 5.91 Å². The SMILES string of the molecule is COc1ccc(Nc2ccnc(C(=O)NCCc3ccccc3)c2)cc1Cl. The summed E-state index contributed by atoms with van der Waals surface area (Å²) in [5, 5.41) is 6.62. The summed E-state index contributed by atoms with van der Waals surface area (Å²) in [6.45, 7) is 0.552. The van der Waals surface area contributed by atoms with E-state index >= 15 is 0 Å². The lowest BCUT2D eigenvalue weighted by atomic mass is 10.1. The molecular formula is C21H20ClN3O2. The molecule has 0 aliphatic heterocycles. The summed E-state index contributed by atoms with van der Waals surface area (Å²) < 4.78 is 5.15. The monoisotopic (exact) mass is 381 g/mol. The van der Waals surface area contributed by atoms with Crippen molar-refractivity contribution in [2.24, 2.45) is 0 Å². The van der Waals surface area contributed by atoms with Crippen LogP contribution >= 0.6 is 11.6 Å². The first-order chi connectivity index (χ1) is 13.2. The number of amides is 1. The number of ether oxygens (including phenoxy) is 1. The minimum Gasteiger partial charge on any atom is -0.495 e. The molecule has 3 aromatic rings. The van der Waals surface area contributed by atoms with Gasteiger partial charge in [0.2, 0.25) is 0 Å². The van der Waals surface area contributed by atoms with Crippen molar-refractivity contribution in [1.29, 1.82) is 0 Å². The van der Waals surface area contributed by atoms with E-state index in [4.69, 9.17) is 16.3 Å². The van der Waals surface area contributed by atoms with E-state index in [0.717, 1.165) is 17.8 Å². The van der Waals surface area contributed by atoms with E-state index in [1.165, 1.54) is 5.56 Å². The highest BCUT2D eigenvalue weighted by molar-refractivity contribution is 6.32. The maximum Gasteiger partial charge on any atom is 0.269 e. The first kappa shape index (κ1) is 18.7. The molecule has 2 N–H and O–H groups in total. The van der Waals surface area contributed by atoms with Crippen molar-refractivity contribution in [2.45, 2.75) is 6.42 Å². The van der Waals surface area contributed by atoms with Gasteiger partial charge in [-0.25, -0.2) is 0 Å². The minimum absolute atomic E-state index is 0.206.